The number of hydrogen-bond donors (Lipinski definition) is 1. The van der Waals surface area contributed by atoms with E-state index in [1.165, 1.54) is 16.5 Å². The molecule has 2 aromatic carbocycles. The summed E-state index contributed by atoms with van der Waals surface area (Å²) < 4.78 is 0. The Hall–Kier alpha value is -2.95. The van der Waals surface area contributed by atoms with E-state index in [1.807, 2.05) is 24.3 Å². The van der Waals surface area contributed by atoms with Crippen LogP contribution < -0.4 is 5.32 Å². The average Bonchev–Trinajstić information content (AvgIpc) is 2.85. The molecule has 3 rings (SSSR count). The molecular formula is C20H20N2O3. The third kappa shape index (κ3) is 3.05. The Labute approximate surface area is 146 Å². The van der Waals surface area contributed by atoms with Crippen LogP contribution in [0.3, 0.4) is 0 Å². The van der Waals surface area contributed by atoms with Gasteiger partial charge in [0.15, 0.2) is 0 Å². The predicted molar refractivity (Wildman–Crippen MR) is 96.0 cm³/mol. The molecule has 1 aliphatic heterocycles. The summed E-state index contributed by atoms with van der Waals surface area (Å²) in [6.45, 7) is 6.28. The summed E-state index contributed by atoms with van der Waals surface area (Å²) in [5.74, 6) is -0.543. The molecular weight excluding hydrogens is 316 g/mol. The minimum Gasteiger partial charge on any atom is -0.322 e. The number of rotatable bonds is 4. The normalized spacial score (nSPS) is 13.4. The Kier molecular flexibility index (Phi) is 4.40. The van der Waals surface area contributed by atoms with Gasteiger partial charge in [0.1, 0.15) is 0 Å². The molecule has 2 aromatic rings. The molecule has 0 saturated heterocycles. The molecule has 128 valence electrons. The van der Waals surface area contributed by atoms with E-state index in [2.05, 4.69) is 19.2 Å². The molecule has 3 amide bonds. The van der Waals surface area contributed by atoms with Crippen molar-refractivity contribution >= 4 is 23.4 Å². The van der Waals surface area contributed by atoms with Crippen LogP contribution in [-0.4, -0.2) is 29.2 Å². The van der Waals surface area contributed by atoms with Crippen LogP contribution in [0.2, 0.25) is 0 Å². The molecule has 0 fully saturated rings. The molecule has 0 atom stereocenters. The van der Waals surface area contributed by atoms with Crippen molar-refractivity contribution in [3.8, 4) is 0 Å². The topological polar surface area (TPSA) is 66.5 Å². The molecule has 5 heteroatoms. The fourth-order valence-electron chi connectivity index (χ4n) is 2.87. The molecule has 1 N–H and O–H groups in total. The third-order valence-electron chi connectivity index (χ3n) is 4.38. The number of amides is 3. The van der Waals surface area contributed by atoms with Gasteiger partial charge in [-0.25, -0.2) is 0 Å². The minimum atomic E-state index is -0.349. The lowest BCUT2D eigenvalue weighted by Crippen LogP contribution is -2.29. The van der Waals surface area contributed by atoms with E-state index in [4.69, 9.17) is 0 Å². The predicted octanol–water partition coefficient (Wildman–Crippen LogP) is 3.68. The van der Waals surface area contributed by atoms with Crippen molar-refractivity contribution in [3.05, 3.63) is 64.7 Å². The highest BCUT2D eigenvalue weighted by molar-refractivity contribution is 6.22. The van der Waals surface area contributed by atoms with Gasteiger partial charge >= 0.3 is 0 Å². The number of imide groups is 1. The number of benzene rings is 2. The first kappa shape index (κ1) is 16.9. The standard InChI is InChI=1S/C20H20N2O3/c1-4-22-19(24)16-10-7-14(11-17(16)20(22)25)18(23)21-15-8-5-13(6-9-15)12(2)3/h5-12H,4H2,1-3H3,(H,21,23). The Morgan fingerprint density at radius 2 is 1.64 bits per heavy atom. The lowest BCUT2D eigenvalue weighted by atomic mass is 10.0. The van der Waals surface area contributed by atoms with Crippen LogP contribution in [0.15, 0.2) is 42.5 Å². The van der Waals surface area contributed by atoms with E-state index in [1.54, 1.807) is 19.1 Å². The van der Waals surface area contributed by atoms with Crippen LogP contribution in [0.4, 0.5) is 5.69 Å². The van der Waals surface area contributed by atoms with E-state index in [-0.39, 0.29) is 23.3 Å². The maximum atomic E-state index is 12.5. The second kappa shape index (κ2) is 6.51. The number of anilines is 1. The SMILES string of the molecule is CCN1C(=O)c2ccc(C(=O)Nc3ccc(C(C)C)cc3)cc2C1=O. The highest BCUT2D eigenvalue weighted by Gasteiger charge is 2.34. The van der Waals surface area contributed by atoms with E-state index in [0.717, 1.165) is 0 Å². The summed E-state index contributed by atoms with van der Waals surface area (Å²) in [5.41, 5.74) is 2.87. The number of fused-ring (bicyclic) bond motifs is 1. The number of nitrogens with one attached hydrogen (secondary N) is 1. The maximum Gasteiger partial charge on any atom is 0.261 e. The van der Waals surface area contributed by atoms with Crippen molar-refractivity contribution in [1.29, 1.82) is 0 Å². The fraction of sp³-hybridized carbons (Fsp3) is 0.250. The van der Waals surface area contributed by atoms with Gasteiger partial charge in [0.25, 0.3) is 17.7 Å². The molecule has 0 bridgehead atoms. The Morgan fingerprint density at radius 3 is 2.24 bits per heavy atom. The summed E-state index contributed by atoms with van der Waals surface area (Å²) in [4.78, 5) is 38.0. The van der Waals surface area contributed by atoms with Crippen molar-refractivity contribution in [3.63, 3.8) is 0 Å². The molecule has 0 aliphatic carbocycles. The van der Waals surface area contributed by atoms with Crippen molar-refractivity contribution < 1.29 is 14.4 Å². The third-order valence-corrected chi connectivity index (χ3v) is 4.38. The van der Waals surface area contributed by atoms with Crippen LogP contribution >= 0.6 is 0 Å². The number of carbonyl (C=O) groups excluding carboxylic acids is 3. The molecule has 1 aliphatic rings. The lowest BCUT2D eigenvalue weighted by Gasteiger charge is -2.09. The van der Waals surface area contributed by atoms with Gasteiger partial charge in [-0.1, -0.05) is 26.0 Å². The van der Waals surface area contributed by atoms with Gasteiger partial charge in [0, 0.05) is 17.8 Å². The fourth-order valence-corrected chi connectivity index (χ4v) is 2.87. The van der Waals surface area contributed by atoms with Gasteiger partial charge in [-0.15, -0.1) is 0 Å². The van der Waals surface area contributed by atoms with E-state index in [9.17, 15) is 14.4 Å². The van der Waals surface area contributed by atoms with E-state index >= 15 is 0 Å². The molecule has 1 heterocycles. The number of carbonyl (C=O) groups is 3. The van der Waals surface area contributed by atoms with Crippen molar-refractivity contribution in [2.24, 2.45) is 0 Å². The summed E-state index contributed by atoms with van der Waals surface area (Å²) in [7, 11) is 0. The first-order valence-electron chi connectivity index (χ1n) is 8.34. The molecule has 5 nitrogen and oxygen atoms in total. The Balaban J connectivity index is 1.81. The first-order chi connectivity index (χ1) is 11.9. The zero-order valence-corrected chi connectivity index (χ0v) is 14.5. The quantitative estimate of drug-likeness (QED) is 0.866. The summed E-state index contributed by atoms with van der Waals surface area (Å²) >= 11 is 0. The zero-order chi connectivity index (χ0) is 18.1. The Bertz CT molecular complexity index is 854. The lowest BCUT2D eigenvalue weighted by molar-refractivity contribution is 0.0662. The Morgan fingerprint density at radius 1 is 1.00 bits per heavy atom. The molecule has 0 unspecified atom stereocenters. The maximum absolute atomic E-state index is 12.5. The molecule has 25 heavy (non-hydrogen) atoms. The highest BCUT2D eigenvalue weighted by atomic mass is 16.2. The smallest absolute Gasteiger partial charge is 0.261 e. The molecule has 0 spiro atoms. The molecule has 0 radical (unpaired) electrons. The average molecular weight is 336 g/mol. The van der Waals surface area contributed by atoms with Gasteiger partial charge in [-0.2, -0.15) is 0 Å². The highest BCUT2D eigenvalue weighted by Crippen LogP contribution is 2.24. The monoisotopic (exact) mass is 336 g/mol. The largest absolute Gasteiger partial charge is 0.322 e. The van der Waals surface area contributed by atoms with Crippen LogP contribution in [0, 0.1) is 0 Å². The van der Waals surface area contributed by atoms with E-state index < -0.39 is 0 Å². The second-order valence-electron chi connectivity index (χ2n) is 6.35. The summed E-state index contributed by atoms with van der Waals surface area (Å²) in [6.07, 6.45) is 0. The first-order valence-corrected chi connectivity index (χ1v) is 8.34. The van der Waals surface area contributed by atoms with Crippen molar-refractivity contribution in [2.45, 2.75) is 26.7 Å². The molecule has 0 aromatic heterocycles. The van der Waals surface area contributed by atoms with E-state index in [0.29, 0.717) is 29.3 Å². The van der Waals surface area contributed by atoms with Gasteiger partial charge in [-0.05, 0) is 48.7 Å². The number of nitrogens with zero attached hydrogens (tertiary/aromatic N) is 1. The summed E-state index contributed by atoms with van der Waals surface area (Å²) in [5, 5.41) is 2.82. The van der Waals surface area contributed by atoms with Crippen molar-refractivity contribution in [1.82, 2.24) is 4.90 Å². The number of hydrogen-bond acceptors (Lipinski definition) is 3. The van der Waals surface area contributed by atoms with Crippen LogP contribution in [0.1, 0.15) is 63.3 Å². The summed E-state index contributed by atoms with van der Waals surface area (Å²) in [6, 6.07) is 12.3. The van der Waals surface area contributed by atoms with Gasteiger partial charge in [-0.3, -0.25) is 19.3 Å². The van der Waals surface area contributed by atoms with Crippen LogP contribution in [0.25, 0.3) is 0 Å². The van der Waals surface area contributed by atoms with Gasteiger partial charge in [0.2, 0.25) is 0 Å². The molecule has 0 saturated carbocycles. The van der Waals surface area contributed by atoms with Gasteiger partial charge < -0.3 is 5.32 Å². The van der Waals surface area contributed by atoms with Crippen molar-refractivity contribution in [2.75, 3.05) is 11.9 Å². The van der Waals surface area contributed by atoms with Crippen LogP contribution in [-0.2, 0) is 0 Å². The second-order valence-corrected chi connectivity index (χ2v) is 6.35. The zero-order valence-electron chi connectivity index (χ0n) is 14.5. The minimum absolute atomic E-state index is 0.287. The van der Waals surface area contributed by atoms with Gasteiger partial charge in [0.05, 0.1) is 11.1 Å². The van der Waals surface area contributed by atoms with Crippen LogP contribution in [0.5, 0.6) is 0 Å².